The summed E-state index contributed by atoms with van der Waals surface area (Å²) in [5.74, 6) is -2.03. The van der Waals surface area contributed by atoms with Gasteiger partial charge in [0, 0.05) is 11.6 Å². The molecule has 1 aromatic carbocycles. The highest BCUT2D eigenvalue weighted by Gasteiger charge is 2.30. The maximum absolute atomic E-state index is 13.6. The number of benzene rings is 1. The van der Waals surface area contributed by atoms with Crippen molar-refractivity contribution in [2.24, 2.45) is 0 Å². The molecule has 0 spiro atoms. The van der Waals surface area contributed by atoms with Crippen LogP contribution in [0.3, 0.4) is 0 Å². The van der Waals surface area contributed by atoms with Gasteiger partial charge in [0.25, 0.3) is 5.91 Å². The Kier molecular flexibility index (Phi) is 11.5. The number of anilines is 1. The molecule has 0 aliphatic heterocycles. The molecule has 2 amide bonds. The van der Waals surface area contributed by atoms with Crippen molar-refractivity contribution in [2.75, 3.05) is 18.5 Å². The van der Waals surface area contributed by atoms with Crippen LogP contribution in [0.1, 0.15) is 101 Å². The van der Waals surface area contributed by atoms with E-state index in [0.717, 1.165) is 43.4 Å². The van der Waals surface area contributed by atoms with Gasteiger partial charge in [-0.25, -0.2) is 14.0 Å². The van der Waals surface area contributed by atoms with Crippen molar-refractivity contribution in [1.29, 1.82) is 0 Å². The average molecular weight is 646 g/mol. The van der Waals surface area contributed by atoms with Crippen molar-refractivity contribution in [3.8, 4) is 0 Å². The summed E-state index contributed by atoms with van der Waals surface area (Å²) < 4.78 is 25.9. The van der Waals surface area contributed by atoms with Gasteiger partial charge in [-0.2, -0.15) is 0 Å². The third kappa shape index (κ3) is 7.83. The first-order chi connectivity index (χ1) is 21.1. The van der Waals surface area contributed by atoms with Crippen LogP contribution >= 0.6 is 23.1 Å². The molecule has 2 heterocycles. The Morgan fingerprint density at radius 3 is 2.48 bits per heavy atom. The lowest BCUT2D eigenvalue weighted by Gasteiger charge is -2.26. The second kappa shape index (κ2) is 15.3. The second-order valence-electron chi connectivity index (χ2n) is 10.2. The minimum absolute atomic E-state index is 0.0774. The van der Waals surface area contributed by atoms with E-state index in [2.05, 4.69) is 20.8 Å². The highest BCUT2D eigenvalue weighted by molar-refractivity contribution is 8.00. The van der Waals surface area contributed by atoms with Crippen LogP contribution in [-0.4, -0.2) is 57.0 Å². The van der Waals surface area contributed by atoms with E-state index in [0.29, 0.717) is 16.5 Å². The molecule has 1 aliphatic carbocycles. The molecule has 4 rings (SSSR count). The van der Waals surface area contributed by atoms with Crippen LogP contribution in [0.4, 0.5) is 9.39 Å². The van der Waals surface area contributed by atoms with Gasteiger partial charge >= 0.3 is 11.9 Å². The van der Waals surface area contributed by atoms with Crippen molar-refractivity contribution >= 4 is 51.9 Å². The van der Waals surface area contributed by atoms with E-state index in [-0.39, 0.29) is 46.8 Å². The topological polar surface area (TPSA) is 142 Å². The molecule has 14 heteroatoms. The Bertz CT molecular complexity index is 1520. The summed E-state index contributed by atoms with van der Waals surface area (Å²) in [6.45, 7) is 7.06. The van der Waals surface area contributed by atoms with E-state index in [1.54, 1.807) is 27.7 Å². The number of nitrogens with zero attached hydrogens (tertiary/aromatic N) is 3. The molecule has 1 saturated carbocycles. The fourth-order valence-electron chi connectivity index (χ4n) is 4.97. The number of carbonyl (C=O) groups excluding carboxylic acids is 4. The van der Waals surface area contributed by atoms with Crippen LogP contribution in [0.2, 0.25) is 0 Å². The minimum Gasteiger partial charge on any atom is -0.462 e. The van der Waals surface area contributed by atoms with Gasteiger partial charge in [0.2, 0.25) is 5.91 Å². The lowest BCUT2D eigenvalue weighted by Crippen LogP contribution is -2.27. The van der Waals surface area contributed by atoms with Crippen molar-refractivity contribution in [2.45, 2.75) is 82.8 Å². The number of rotatable bonds is 12. The van der Waals surface area contributed by atoms with Crippen molar-refractivity contribution < 1.29 is 33.0 Å². The number of carbonyl (C=O) groups is 4. The summed E-state index contributed by atoms with van der Waals surface area (Å²) in [5, 5.41) is 14.4. The van der Waals surface area contributed by atoms with Gasteiger partial charge in [0.1, 0.15) is 15.7 Å². The quantitative estimate of drug-likeness (QED) is 0.188. The monoisotopic (exact) mass is 645 g/mol. The molecule has 1 aliphatic rings. The fourth-order valence-corrected chi connectivity index (χ4v) is 7.00. The average Bonchev–Trinajstić information content (AvgIpc) is 3.56. The first-order valence-electron chi connectivity index (χ1n) is 14.6. The first-order valence-corrected chi connectivity index (χ1v) is 16.3. The van der Waals surface area contributed by atoms with Gasteiger partial charge in [0.15, 0.2) is 11.0 Å². The van der Waals surface area contributed by atoms with Gasteiger partial charge in [-0.1, -0.05) is 37.1 Å². The van der Waals surface area contributed by atoms with Crippen molar-refractivity contribution in [3.05, 3.63) is 57.5 Å². The highest BCUT2D eigenvalue weighted by atomic mass is 32.2. The molecule has 1 fully saturated rings. The number of amides is 2. The van der Waals surface area contributed by atoms with Crippen LogP contribution in [-0.2, 0) is 20.8 Å². The van der Waals surface area contributed by atoms with Gasteiger partial charge in [-0.3, -0.25) is 9.59 Å². The molecule has 0 radical (unpaired) electrons. The van der Waals surface area contributed by atoms with E-state index in [1.165, 1.54) is 36.0 Å². The Morgan fingerprint density at radius 1 is 1.09 bits per heavy atom. The Balaban J connectivity index is 1.54. The number of thioether (sulfide) groups is 1. The molecular formula is C30H36FN5O6S2. The summed E-state index contributed by atoms with van der Waals surface area (Å²) in [6.07, 6.45) is 5.02. The number of hydrogen-bond donors (Lipinski definition) is 2. The van der Waals surface area contributed by atoms with E-state index in [1.807, 2.05) is 4.57 Å². The van der Waals surface area contributed by atoms with E-state index in [9.17, 15) is 23.6 Å². The predicted octanol–water partition coefficient (Wildman–Crippen LogP) is 5.70. The van der Waals surface area contributed by atoms with Crippen LogP contribution in [0.5, 0.6) is 0 Å². The standard InChI is InChI=1S/C30H36FN5O6S2/c1-5-41-28(39)23-17(3)24(29(40)42-6-2)44-27(23)33-25(37)18(4)43-30-35-34-22(36(30)21-13-8-7-9-14-21)16-32-26(38)19-11-10-12-20(31)15-19/h10-12,15,18,21H,5-9,13-14,16H2,1-4H3,(H,32,38)(H,33,37)/t18-/m0/s1. The summed E-state index contributed by atoms with van der Waals surface area (Å²) in [7, 11) is 0. The largest absolute Gasteiger partial charge is 0.462 e. The molecule has 0 unspecified atom stereocenters. The lowest BCUT2D eigenvalue weighted by atomic mass is 9.95. The molecule has 0 bridgehead atoms. The van der Waals surface area contributed by atoms with Crippen LogP contribution in [0, 0.1) is 12.7 Å². The summed E-state index contributed by atoms with van der Waals surface area (Å²) in [5.41, 5.74) is 0.697. The lowest BCUT2D eigenvalue weighted by molar-refractivity contribution is -0.115. The van der Waals surface area contributed by atoms with Crippen molar-refractivity contribution in [1.82, 2.24) is 20.1 Å². The molecule has 236 valence electrons. The van der Waals surface area contributed by atoms with E-state index in [4.69, 9.17) is 9.47 Å². The molecule has 11 nitrogen and oxygen atoms in total. The molecule has 44 heavy (non-hydrogen) atoms. The molecule has 1 atom stereocenters. The molecule has 0 saturated heterocycles. The number of aromatic nitrogens is 3. The zero-order valence-corrected chi connectivity index (χ0v) is 26.7. The number of nitrogens with one attached hydrogen (secondary N) is 2. The zero-order valence-electron chi connectivity index (χ0n) is 25.1. The predicted molar refractivity (Wildman–Crippen MR) is 165 cm³/mol. The SMILES string of the molecule is CCOC(=O)c1sc(NC(=O)[C@H](C)Sc2nnc(CNC(=O)c3cccc(F)c3)n2C2CCCCC2)c(C(=O)OCC)c1C. The number of halogens is 1. The highest BCUT2D eigenvalue weighted by Crippen LogP contribution is 2.37. The molecule has 2 N–H and O–H groups in total. The first kappa shape index (κ1) is 33.1. The Hall–Kier alpha value is -3.78. The van der Waals surface area contributed by atoms with Gasteiger partial charge in [-0.15, -0.1) is 21.5 Å². The Morgan fingerprint density at radius 2 is 1.80 bits per heavy atom. The maximum Gasteiger partial charge on any atom is 0.348 e. The number of esters is 2. The van der Waals surface area contributed by atoms with Gasteiger partial charge in [0.05, 0.1) is 30.6 Å². The molecule has 2 aromatic heterocycles. The molecular weight excluding hydrogens is 609 g/mol. The normalized spacial score (nSPS) is 14.1. The van der Waals surface area contributed by atoms with Crippen LogP contribution in [0.15, 0.2) is 29.4 Å². The van der Waals surface area contributed by atoms with E-state index < -0.39 is 34.8 Å². The number of hydrogen-bond acceptors (Lipinski definition) is 10. The van der Waals surface area contributed by atoms with Crippen LogP contribution < -0.4 is 10.6 Å². The Labute approximate surface area is 263 Å². The van der Waals surface area contributed by atoms with Crippen LogP contribution in [0.25, 0.3) is 0 Å². The zero-order chi connectivity index (χ0) is 31.8. The third-order valence-corrected chi connectivity index (χ3v) is 9.39. The summed E-state index contributed by atoms with van der Waals surface area (Å²) in [4.78, 5) is 51.6. The van der Waals surface area contributed by atoms with E-state index >= 15 is 0 Å². The summed E-state index contributed by atoms with van der Waals surface area (Å²) >= 11 is 2.17. The molecule has 3 aromatic rings. The van der Waals surface area contributed by atoms with Gasteiger partial charge in [-0.05, 0) is 64.3 Å². The fraction of sp³-hybridized carbons (Fsp3) is 0.467. The van der Waals surface area contributed by atoms with Gasteiger partial charge < -0.3 is 24.7 Å². The number of thiophene rings is 1. The van der Waals surface area contributed by atoms with Crippen molar-refractivity contribution in [3.63, 3.8) is 0 Å². The maximum atomic E-state index is 13.6. The smallest absolute Gasteiger partial charge is 0.348 e. The third-order valence-electron chi connectivity index (χ3n) is 7.14. The second-order valence-corrected chi connectivity index (χ2v) is 12.5. The minimum atomic E-state index is -0.667. The summed E-state index contributed by atoms with van der Waals surface area (Å²) in [6, 6.07) is 5.54. The number of ether oxygens (including phenoxy) is 2.